The molecule has 0 bridgehead atoms. The number of amides is 1. The largest absolute Gasteiger partial charge is 0.417 e. The minimum Gasteiger partial charge on any atom is -0.325 e. The fourth-order valence-electron chi connectivity index (χ4n) is 1.70. The minimum atomic E-state index is -4.61. The molecule has 0 aliphatic carbocycles. The normalized spacial score (nSPS) is 12.0. The molecule has 2 aromatic rings. The van der Waals surface area contributed by atoms with Gasteiger partial charge in [-0.3, -0.25) is 4.79 Å². The zero-order valence-electron chi connectivity index (χ0n) is 11.5. The van der Waals surface area contributed by atoms with E-state index >= 15 is 0 Å². The molecule has 1 N–H and O–H groups in total. The minimum absolute atomic E-state index is 0.410. The Bertz CT molecular complexity index is 788. The number of sulfone groups is 1. The molecule has 23 heavy (non-hydrogen) atoms. The van der Waals surface area contributed by atoms with E-state index in [2.05, 4.69) is 10.3 Å². The van der Waals surface area contributed by atoms with Crippen molar-refractivity contribution in [3.63, 3.8) is 0 Å². The van der Waals surface area contributed by atoms with Crippen molar-refractivity contribution < 1.29 is 26.4 Å². The Labute approximate surface area is 130 Å². The number of pyridine rings is 1. The summed E-state index contributed by atoms with van der Waals surface area (Å²) in [5, 5.41) is 1.79. The summed E-state index contributed by atoms with van der Waals surface area (Å²) in [5.41, 5.74) is -0.654. The summed E-state index contributed by atoms with van der Waals surface area (Å²) in [5.74, 6) is -1.72. The van der Waals surface area contributed by atoms with Crippen LogP contribution in [0.3, 0.4) is 0 Å². The zero-order valence-corrected chi connectivity index (χ0v) is 12.4. The Hall–Kier alpha value is -2.42. The lowest BCUT2D eigenvalue weighted by Gasteiger charge is -2.08. The number of aromatic nitrogens is 1. The fourth-order valence-corrected chi connectivity index (χ4v) is 2.75. The lowest BCUT2D eigenvalue weighted by Crippen LogP contribution is -2.23. The van der Waals surface area contributed by atoms with E-state index in [-0.39, 0.29) is 0 Å². The van der Waals surface area contributed by atoms with Crippen molar-refractivity contribution in [2.45, 2.75) is 11.2 Å². The van der Waals surface area contributed by atoms with Crippen LogP contribution in [0.2, 0.25) is 0 Å². The average Bonchev–Trinajstić information content (AvgIpc) is 2.47. The number of hydrogen-bond acceptors (Lipinski definition) is 4. The van der Waals surface area contributed by atoms with E-state index in [9.17, 15) is 26.4 Å². The molecule has 0 spiro atoms. The predicted octanol–water partition coefficient (Wildman–Crippen LogP) is 2.51. The number of benzene rings is 1. The highest BCUT2D eigenvalue weighted by Crippen LogP contribution is 2.28. The number of carbonyl (C=O) groups is 1. The van der Waals surface area contributed by atoms with Crippen molar-refractivity contribution >= 4 is 21.4 Å². The van der Waals surface area contributed by atoms with Gasteiger partial charge < -0.3 is 5.32 Å². The molecule has 1 heterocycles. The van der Waals surface area contributed by atoms with Crippen LogP contribution in [0.25, 0.3) is 0 Å². The molecular formula is C14H11F3N2O3S. The second-order valence-corrected chi connectivity index (χ2v) is 6.49. The lowest BCUT2D eigenvalue weighted by atomic mass is 10.3. The highest BCUT2D eigenvalue weighted by atomic mass is 32.2. The van der Waals surface area contributed by atoms with Crippen LogP contribution in [-0.2, 0) is 20.8 Å². The quantitative estimate of drug-likeness (QED) is 0.925. The van der Waals surface area contributed by atoms with E-state index in [1.165, 1.54) is 0 Å². The molecule has 2 rings (SSSR count). The predicted molar refractivity (Wildman–Crippen MR) is 76.4 cm³/mol. The summed E-state index contributed by atoms with van der Waals surface area (Å²) in [7, 11) is -4.13. The van der Waals surface area contributed by atoms with Gasteiger partial charge in [-0.15, -0.1) is 0 Å². The number of alkyl halides is 3. The van der Waals surface area contributed by atoms with Crippen molar-refractivity contribution in [1.29, 1.82) is 0 Å². The maximum absolute atomic E-state index is 12.4. The SMILES string of the molecule is O=C(CS(=O)(=O)c1ccc(C(F)(F)F)cn1)Nc1ccccc1. The molecule has 122 valence electrons. The topological polar surface area (TPSA) is 76.1 Å². The molecule has 0 unspecified atom stereocenters. The van der Waals surface area contributed by atoms with Crippen LogP contribution < -0.4 is 5.32 Å². The molecule has 0 fully saturated rings. The summed E-state index contributed by atoms with van der Waals surface area (Å²) in [6.07, 6.45) is -4.19. The van der Waals surface area contributed by atoms with Crippen LogP contribution in [0.5, 0.6) is 0 Å². The van der Waals surface area contributed by atoms with Crippen LogP contribution in [-0.4, -0.2) is 25.1 Å². The molecule has 0 saturated heterocycles. The van der Waals surface area contributed by atoms with E-state index in [1.54, 1.807) is 30.3 Å². The number of rotatable bonds is 4. The maximum Gasteiger partial charge on any atom is 0.417 e. The van der Waals surface area contributed by atoms with Crippen molar-refractivity contribution in [3.8, 4) is 0 Å². The second kappa shape index (κ2) is 6.37. The van der Waals surface area contributed by atoms with Gasteiger partial charge in [0.25, 0.3) is 0 Å². The third kappa shape index (κ3) is 4.52. The zero-order chi connectivity index (χ0) is 17.1. The first-order valence-electron chi connectivity index (χ1n) is 6.29. The van der Waals surface area contributed by atoms with Gasteiger partial charge in [0.15, 0.2) is 5.03 Å². The van der Waals surface area contributed by atoms with Gasteiger partial charge in [-0.1, -0.05) is 18.2 Å². The number of anilines is 1. The van der Waals surface area contributed by atoms with Gasteiger partial charge in [0, 0.05) is 11.9 Å². The Kier molecular flexibility index (Phi) is 4.69. The first-order chi connectivity index (χ1) is 10.7. The van der Waals surface area contributed by atoms with E-state index in [0.29, 0.717) is 18.0 Å². The smallest absolute Gasteiger partial charge is 0.325 e. The van der Waals surface area contributed by atoms with Crippen molar-refractivity contribution in [2.75, 3.05) is 11.1 Å². The Morgan fingerprint density at radius 3 is 2.26 bits per heavy atom. The van der Waals surface area contributed by atoms with Crippen LogP contribution in [0.1, 0.15) is 5.56 Å². The van der Waals surface area contributed by atoms with Crippen molar-refractivity contribution in [2.24, 2.45) is 0 Å². The standard InChI is InChI=1S/C14H11F3N2O3S/c15-14(16,17)10-6-7-13(18-8-10)23(21,22)9-12(20)19-11-4-2-1-3-5-11/h1-8H,9H2,(H,19,20). The molecular weight excluding hydrogens is 333 g/mol. The molecule has 5 nitrogen and oxygen atoms in total. The molecule has 1 aromatic heterocycles. The summed E-state index contributed by atoms with van der Waals surface area (Å²) in [6, 6.07) is 9.51. The molecule has 0 aliphatic rings. The third-order valence-corrected chi connectivity index (χ3v) is 4.28. The monoisotopic (exact) mass is 344 g/mol. The molecule has 0 atom stereocenters. The number of hydrogen-bond donors (Lipinski definition) is 1. The van der Waals surface area contributed by atoms with E-state index in [4.69, 9.17) is 0 Å². The number of halogens is 3. The van der Waals surface area contributed by atoms with Crippen molar-refractivity contribution in [1.82, 2.24) is 4.98 Å². The Morgan fingerprint density at radius 2 is 1.74 bits per heavy atom. The lowest BCUT2D eigenvalue weighted by molar-refractivity contribution is -0.137. The van der Waals surface area contributed by atoms with Gasteiger partial charge in [-0.05, 0) is 24.3 Å². The average molecular weight is 344 g/mol. The maximum atomic E-state index is 12.4. The second-order valence-electron chi connectivity index (χ2n) is 4.56. The van der Waals surface area contributed by atoms with Gasteiger partial charge in [0.1, 0.15) is 5.75 Å². The summed E-state index contributed by atoms with van der Waals surface area (Å²) in [4.78, 5) is 15.0. The van der Waals surface area contributed by atoms with Gasteiger partial charge >= 0.3 is 6.18 Å². The highest BCUT2D eigenvalue weighted by molar-refractivity contribution is 7.92. The van der Waals surface area contributed by atoms with Crippen LogP contribution in [0, 0.1) is 0 Å². The Balaban J connectivity index is 2.11. The molecule has 0 aliphatic heterocycles. The van der Waals surface area contributed by atoms with Gasteiger partial charge in [0.05, 0.1) is 5.56 Å². The number of nitrogens with zero attached hydrogens (tertiary/aromatic N) is 1. The van der Waals surface area contributed by atoms with Crippen LogP contribution in [0.15, 0.2) is 53.7 Å². The molecule has 1 aromatic carbocycles. The number of nitrogens with one attached hydrogen (secondary N) is 1. The summed E-state index contributed by atoms with van der Waals surface area (Å²) < 4.78 is 61.2. The molecule has 1 amide bonds. The van der Waals surface area contributed by atoms with E-state index in [0.717, 1.165) is 6.07 Å². The third-order valence-electron chi connectivity index (χ3n) is 2.76. The molecule has 9 heteroatoms. The first-order valence-corrected chi connectivity index (χ1v) is 7.94. The van der Waals surface area contributed by atoms with Crippen LogP contribution in [0.4, 0.5) is 18.9 Å². The fraction of sp³-hybridized carbons (Fsp3) is 0.143. The Morgan fingerprint density at radius 1 is 1.09 bits per heavy atom. The number of carbonyl (C=O) groups excluding carboxylic acids is 1. The van der Waals surface area contributed by atoms with Gasteiger partial charge in [-0.2, -0.15) is 13.2 Å². The van der Waals surface area contributed by atoms with E-state index in [1.807, 2.05) is 0 Å². The van der Waals surface area contributed by atoms with Gasteiger partial charge in [0.2, 0.25) is 15.7 Å². The summed E-state index contributed by atoms with van der Waals surface area (Å²) in [6.45, 7) is 0. The van der Waals surface area contributed by atoms with Crippen LogP contribution >= 0.6 is 0 Å². The van der Waals surface area contributed by atoms with E-state index < -0.39 is 38.3 Å². The number of para-hydroxylation sites is 1. The molecule has 0 radical (unpaired) electrons. The highest BCUT2D eigenvalue weighted by Gasteiger charge is 2.31. The van der Waals surface area contributed by atoms with Crippen molar-refractivity contribution in [3.05, 3.63) is 54.2 Å². The molecule has 0 saturated carbocycles. The first kappa shape index (κ1) is 16.9. The summed E-state index contributed by atoms with van der Waals surface area (Å²) >= 11 is 0. The van der Waals surface area contributed by atoms with Gasteiger partial charge in [-0.25, -0.2) is 13.4 Å².